The van der Waals surface area contributed by atoms with Crippen molar-refractivity contribution in [1.82, 2.24) is 10.2 Å². The number of rotatable bonds is 8. The number of carbonyl (C=O) groups excluding carboxylic acids is 4. The minimum Gasteiger partial charge on any atom is -0.444 e. The van der Waals surface area contributed by atoms with Crippen LogP contribution in [0.5, 0.6) is 0 Å². The number of ketones is 1. The summed E-state index contributed by atoms with van der Waals surface area (Å²) in [4.78, 5) is 54.7. The summed E-state index contributed by atoms with van der Waals surface area (Å²) in [5.74, 6) is -2.17. The third-order valence-corrected chi connectivity index (χ3v) is 9.66. The second kappa shape index (κ2) is 9.79. The monoisotopic (exact) mass is 533 g/mol. The Labute approximate surface area is 226 Å². The van der Waals surface area contributed by atoms with E-state index in [-0.39, 0.29) is 28.4 Å². The van der Waals surface area contributed by atoms with E-state index >= 15 is 0 Å². The number of nitrogens with two attached hydrogens (primary N) is 1. The van der Waals surface area contributed by atoms with Crippen LogP contribution in [0.1, 0.15) is 99.3 Å². The van der Waals surface area contributed by atoms with Crippen LogP contribution in [0.4, 0.5) is 4.79 Å². The molecule has 0 radical (unpaired) electrons. The molecule has 38 heavy (non-hydrogen) atoms. The van der Waals surface area contributed by atoms with Gasteiger partial charge >= 0.3 is 6.09 Å². The number of primary amides is 1. The lowest BCUT2D eigenvalue weighted by Crippen LogP contribution is -2.58. The standard InChI is InChI=1S/C29H47N3O6/c1-26(2,3)22(31-25(37)38-27(4,5)6)24(36)32-16-29(15-28(29)11-8-12-28)14-19(32)20(33)18(21(34)23(30)35)13-17-9-7-10-17/h17-19,21-22,34H,7-16H2,1-6H3,(H2,30,35)(H,31,37)/t18?,19-,21?,22+,29-/m0/s1. The predicted molar refractivity (Wildman–Crippen MR) is 142 cm³/mol. The summed E-state index contributed by atoms with van der Waals surface area (Å²) in [5, 5.41) is 13.5. The van der Waals surface area contributed by atoms with Gasteiger partial charge in [-0.2, -0.15) is 0 Å². The molecule has 0 aromatic carbocycles. The van der Waals surface area contributed by atoms with Crippen molar-refractivity contribution in [3.63, 3.8) is 0 Å². The van der Waals surface area contributed by atoms with E-state index in [2.05, 4.69) is 5.32 Å². The number of fused-ring (bicyclic) bond motifs is 1. The van der Waals surface area contributed by atoms with Crippen LogP contribution >= 0.6 is 0 Å². The van der Waals surface area contributed by atoms with Gasteiger partial charge in [0, 0.05) is 6.54 Å². The molecule has 4 fully saturated rings. The number of hydrogen-bond donors (Lipinski definition) is 3. The van der Waals surface area contributed by atoms with E-state index < -0.39 is 47.1 Å². The Hall–Kier alpha value is -2.16. The van der Waals surface area contributed by atoms with Gasteiger partial charge in [-0.25, -0.2) is 4.79 Å². The maximum absolute atomic E-state index is 14.2. The molecule has 9 heteroatoms. The lowest BCUT2D eigenvalue weighted by molar-refractivity contribution is -0.146. The molecule has 3 amide bonds. The number of aliphatic hydroxyl groups excluding tert-OH is 1. The molecule has 0 aromatic heterocycles. The molecule has 2 unspecified atom stereocenters. The fourth-order valence-electron chi connectivity index (χ4n) is 7.07. The highest BCUT2D eigenvalue weighted by Crippen LogP contribution is 2.77. The normalized spacial score (nSPS) is 28.7. The fourth-order valence-corrected chi connectivity index (χ4v) is 7.07. The summed E-state index contributed by atoms with van der Waals surface area (Å²) in [5.41, 5.74) is 4.16. The molecule has 2 spiro atoms. The first-order valence-electron chi connectivity index (χ1n) is 14.3. The van der Waals surface area contributed by atoms with Crippen molar-refractivity contribution >= 4 is 23.7 Å². The summed E-state index contributed by atoms with van der Waals surface area (Å²) >= 11 is 0. The average Bonchev–Trinajstić information content (AvgIpc) is 3.23. The molecule has 1 heterocycles. The van der Waals surface area contributed by atoms with Crippen LogP contribution < -0.4 is 11.1 Å². The molecule has 214 valence electrons. The maximum atomic E-state index is 14.2. The fraction of sp³-hybridized carbons (Fsp3) is 0.862. The first-order valence-corrected chi connectivity index (χ1v) is 14.3. The van der Waals surface area contributed by atoms with E-state index in [4.69, 9.17) is 10.5 Å². The van der Waals surface area contributed by atoms with Crippen LogP contribution in [-0.2, 0) is 19.1 Å². The Balaban J connectivity index is 1.62. The van der Waals surface area contributed by atoms with Crippen molar-refractivity contribution in [2.45, 2.75) is 123 Å². The second-order valence-electron chi connectivity index (χ2n) is 14.6. The number of alkyl carbamates (subject to hydrolysis) is 1. The minimum absolute atomic E-state index is 0.117. The lowest BCUT2D eigenvalue weighted by Gasteiger charge is -2.37. The van der Waals surface area contributed by atoms with Crippen molar-refractivity contribution in [2.75, 3.05) is 6.54 Å². The van der Waals surface area contributed by atoms with Gasteiger partial charge in [-0.1, -0.05) is 46.5 Å². The van der Waals surface area contributed by atoms with Crippen LogP contribution in [0.3, 0.4) is 0 Å². The highest BCUT2D eigenvalue weighted by molar-refractivity contribution is 5.97. The van der Waals surface area contributed by atoms with Crippen LogP contribution in [0.2, 0.25) is 0 Å². The van der Waals surface area contributed by atoms with Gasteiger partial charge in [0.2, 0.25) is 11.8 Å². The smallest absolute Gasteiger partial charge is 0.408 e. The number of aliphatic hydroxyl groups is 1. The maximum Gasteiger partial charge on any atom is 0.408 e. The SMILES string of the molecule is CC(C)(C)OC(=O)N[C@H](C(=O)N1C[C@]2(C[C@H]1C(=O)C(CC1CCC1)C(O)C(N)=O)CC21CCC1)C(C)(C)C. The van der Waals surface area contributed by atoms with E-state index in [1.807, 2.05) is 20.8 Å². The Bertz CT molecular complexity index is 974. The van der Waals surface area contributed by atoms with Gasteiger partial charge in [-0.3, -0.25) is 14.4 Å². The van der Waals surface area contributed by atoms with E-state index in [0.717, 1.165) is 44.9 Å². The molecule has 3 saturated carbocycles. The molecule has 1 saturated heterocycles. The van der Waals surface area contributed by atoms with Crippen LogP contribution in [0.25, 0.3) is 0 Å². The molecule has 0 bridgehead atoms. The molecule has 1 aliphatic heterocycles. The van der Waals surface area contributed by atoms with Crippen molar-refractivity contribution in [1.29, 1.82) is 0 Å². The Morgan fingerprint density at radius 3 is 2.11 bits per heavy atom. The number of amides is 3. The molecule has 4 aliphatic rings. The Morgan fingerprint density at radius 2 is 1.68 bits per heavy atom. The number of Topliss-reactive ketones (excluding diaryl/α,β-unsaturated/α-hetero) is 1. The van der Waals surface area contributed by atoms with Crippen LogP contribution in [0.15, 0.2) is 0 Å². The third kappa shape index (κ3) is 5.45. The van der Waals surface area contributed by atoms with Gasteiger partial charge in [-0.05, 0) is 75.0 Å². The zero-order valence-corrected chi connectivity index (χ0v) is 24.0. The third-order valence-electron chi connectivity index (χ3n) is 9.66. The summed E-state index contributed by atoms with van der Waals surface area (Å²) < 4.78 is 5.45. The van der Waals surface area contributed by atoms with Crippen molar-refractivity contribution < 1.29 is 29.0 Å². The summed E-state index contributed by atoms with van der Waals surface area (Å²) in [6.45, 7) is 11.3. The summed E-state index contributed by atoms with van der Waals surface area (Å²) in [7, 11) is 0. The number of nitrogens with one attached hydrogen (secondary N) is 1. The average molecular weight is 534 g/mol. The molecule has 0 aromatic rings. The van der Waals surface area contributed by atoms with Gasteiger partial charge < -0.3 is 25.8 Å². The molecule has 3 aliphatic carbocycles. The van der Waals surface area contributed by atoms with Crippen LogP contribution in [-0.4, -0.2) is 64.0 Å². The Morgan fingerprint density at radius 1 is 1.05 bits per heavy atom. The van der Waals surface area contributed by atoms with E-state index in [1.54, 1.807) is 25.7 Å². The van der Waals surface area contributed by atoms with E-state index in [9.17, 15) is 24.3 Å². The van der Waals surface area contributed by atoms with Gasteiger partial charge in [-0.15, -0.1) is 0 Å². The van der Waals surface area contributed by atoms with E-state index in [1.165, 1.54) is 0 Å². The van der Waals surface area contributed by atoms with Gasteiger partial charge in [0.15, 0.2) is 5.78 Å². The first-order chi connectivity index (χ1) is 17.5. The topological polar surface area (TPSA) is 139 Å². The Kier molecular flexibility index (Phi) is 7.43. The molecule has 4 N–H and O–H groups in total. The summed E-state index contributed by atoms with van der Waals surface area (Å²) in [6, 6.07) is -1.67. The van der Waals surface area contributed by atoms with Crippen molar-refractivity contribution in [3.8, 4) is 0 Å². The quantitative estimate of drug-likeness (QED) is 0.437. The highest BCUT2D eigenvalue weighted by atomic mass is 16.6. The number of carbonyl (C=O) groups is 4. The molecular formula is C29H47N3O6. The zero-order valence-electron chi connectivity index (χ0n) is 24.0. The second-order valence-corrected chi connectivity index (χ2v) is 14.6. The number of hydrogen-bond acceptors (Lipinski definition) is 6. The molecule has 4 rings (SSSR count). The van der Waals surface area contributed by atoms with Crippen LogP contribution in [0, 0.1) is 28.1 Å². The highest BCUT2D eigenvalue weighted by Gasteiger charge is 2.73. The van der Waals surface area contributed by atoms with Crippen molar-refractivity contribution in [3.05, 3.63) is 0 Å². The minimum atomic E-state index is -1.58. The van der Waals surface area contributed by atoms with Crippen molar-refractivity contribution in [2.24, 2.45) is 33.8 Å². The largest absolute Gasteiger partial charge is 0.444 e. The first kappa shape index (κ1) is 28.8. The number of likely N-dealkylation sites (tertiary alicyclic amines) is 1. The lowest BCUT2D eigenvalue weighted by atomic mass is 9.72. The summed E-state index contributed by atoms with van der Waals surface area (Å²) in [6.07, 6.45) is 6.01. The number of ether oxygens (including phenoxy) is 1. The molecule has 9 nitrogen and oxygen atoms in total. The van der Waals surface area contributed by atoms with Gasteiger partial charge in [0.25, 0.3) is 0 Å². The van der Waals surface area contributed by atoms with E-state index in [0.29, 0.717) is 19.4 Å². The van der Waals surface area contributed by atoms with Gasteiger partial charge in [0.1, 0.15) is 17.7 Å². The van der Waals surface area contributed by atoms with Gasteiger partial charge in [0.05, 0.1) is 12.0 Å². The predicted octanol–water partition coefficient (Wildman–Crippen LogP) is 3.31. The molecular weight excluding hydrogens is 486 g/mol. The zero-order chi connectivity index (χ0) is 28.3. The number of nitrogens with zero attached hydrogens (tertiary/aromatic N) is 1. The molecule has 5 atom stereocenters.